The summed E-state index contributed by atoms with van der Waals surface area (Å²) in [4.78, 5) is 0. The highest BCUT2D eigenvalue weighted by atomic mass is 16.3. The minimum absolute atomic E-state index is 0.839. The molecule has 0 aliphatic rings. The fraction of sp³-hybridized carbons (Fsp3) is 0. The summed E-state index contributed by atoms with van der Waals surface area (Å²) in [5, 5.41) is 11.4. The van der Waals surface area contributed by atoms with Crippen LogP contribution in [-0.2, 0) is 0 Å². The molecular weight excluding hydrogens is 771 g/mol. The average molecular weight is 806 g/mol. The first-order valence-electron chi connectivity index (χ1n) is 21.4. The zero-order valence-electron chi connectivity index (χ0n) is 33.9. The minimum Gasteiger partial charge on any atom is -0.456 e. The molecule has 63 heavy (non-hydrogen) atoms. The number of nitrogens with zero attached hydrogens (tertiary/aromatic N) is 3. The third-order valence-corrected chi connectivity index (χ3v) is 13.0. The molecule has 0 saturated carbocycles. The highest BCUT2D eigenvalue weighted by Gasteiger charge is 2.19. The van der Waals surface area contributed by atoms with Crippen molar-refractivity contribution < 1.29 is 8.83 Å². The van der Waals surface area contributed by atoms with Crippen LogP contribution in [0.25, 0.3) is 126 Å². The van der Waals surface area contributed by atoms with E-state index in [0.717, 1.165) is 105 Å². The number of hydrogen-bond acceptors (Lipinski definition) is 2. The molecule has 0 amide bonds. The SMILES string of the molecule is c1ccc2c(-n3c4ccccc4c4cccc(-n5c6cccc(c6)c6cccc(c6)n(-c6ccc7c(c6)oc6ccccc67)c6ccc7oc8ccc5cc8c7c6)c43)cccc2c1. The molecule has 0 radical (unpaired) electrons. The second-order valence-corrected chi connectivity index (χ2v) is 16.5. The van der Waals surface area contributed by atoms with Gasteiger partial charge in [-0.3, -0.25) is 0 Å². The average Bonchev–Trinajstić information content (AvgIpc) is 4.01. The van der Waals surface area contributed by atoms with Crippen molar-refractivity contribution in [1.29, 1.82) is 0 Å². The Morgan fingerprint density at radius 2 is 0.810 bits per heavy atom. The fourth-order valence-electron chi connectivity index (χ4n) is 10.2. The first-order chi connectivity index (χ1) is 31.2. The molecule has 14 aromatic rings. The Kier molecular flexibility index (Phi) is 7.05. The Hall–Kier alpha value is -8.54. The first kappa shape index (κ1) is 34.2. The fourth-order valence-corrected chi connectivity index (χ4v) is 10.2. The van der Waals surface area contributed by atoms with E-state index in [1.54, 1.807) is 0 Å². The van der Waals surface area contributed by atoms with Crippen molar-refractivity contribution in [2.45, 2.75) is 0 Å². The van der Waals surface area contributed by atoms with Crippen molar-refractivity contribution in [2.75, 3.05) is 0 Å². The second kappa shape index (κ2) is 13.0. The van der Waals surface area contributed by atoms with Crippen molar-refractivity contribution in [2.24, 2.45) is 0 Å². The number of rotatable bonds is 3. The van der Waals surface area contributed by atoms with Crippen molar-refractivity contribution >= 4 is 109 Å². The Labute approximate surface area is 359 Å². The molecule has 4 aromatic heterocycles. The molecule has 10 aromatic carbocycles. The maximum absolute atomic E-state index is 6.62. The summed E-state index contributed by atoms with van der Waals surface area (Å²) in [6, 6.07) is 76.6. The number of fused-ring (bicyclic) bond motifs is 14. The number of aromatic nitrogens is 3. The molecule has 5 nitrogen and oxygen atoms in total. The maximum atomic E-state index is 6.62. The van der Waals surface area contributed by atoms with Crippen LogP contribution in [0.5, 0.6) is 0 Å². The summed E-state index contributed by atoms with van der Waals surface area (Å²) in [6.07, 6.45) is 0. The topological polar surface area (TPSA) is 41.1 Å². The Morgan fingerprint density at radius 3 is 1.62 bits per heavy atom. The van der Waals surface area contributed by atoms with Crippen molar-refractivity contribution in [3.05, 3.63) is 212 Å². The largest absolute Gasteiger partial charge is 0.456 e. The third kappa shape index (κ3) is 5.05. The molecule has 0 saturated heterocycles. The van der Waals surface area contributed by atoms with E-state index >= 15 is 0 Å². The Balaban J connectivity index is 1.13. The van der Waals surface area contributed by atoms with Gasteiger partial charge in [-0.15, -0.1) is 0 Å². The zero-order chi connectivity index (χ0) is 41.2. The molecule has 0 N–H and O–H groups in total. The molecule has 0 aliphatic carbocycles. The number of benzene rings is 10. The highest BCUT2D eigenvalue weighted by molar-refractivity contribution is 6.14. The summed E-state index contributed by atoms with van der Waals surface area (Å²) in [5.41, 5.74) is 13.1. The van der Waals surface area contributed by atoms with E-state index in [2.05, 4.69) is 214 Å². The summed E-state index contributed by atoms with van der Waals surface area (Å²) >= 11 is 0. The molecule has 4 heterocycles. The maximum Gasteiger partial charge on any atom is 0.137 e. The summed E-state index contributed by atoms with van der Waals surface area (Å²) in [5.74, 6) is 0. The molecule has 0 unspecified atom stereocenters. The van der Waals surface area contributed by atoms with E-state index < -0.39 is 0 Å². The second-order valence-electron chi connectivity index (χ2n) is 16.5. The van der Waals surface area contributed by atoms with Crippen LogP contribution in [0.2, 0.25) is 0 Å². The van der Waals surface area contributed by atoms with Crippen LogP contribution < -0.4 is 0 Å². The van der Waals surface area contributed by atoms with Crippen molar-refractivity contribution in [1.82, 2.24) is 13.7 Å². The van der Waals surface area contributed by atoms with Crippen LogP contribution >= 0.6 is 0 Å². The molecule has 0 fully saturated rings. The predicted molar refractivity (Wildman–Crippen MR) is 262 cm³/mol. The van der Waals surface area contributed by atoms with E-state index in [-0.39, 0.29) is 0 Å². The molecule has 0 spiro atoms. The summed E-state index contributed by atoms with van der Waals surface area (Å²) in [6.45, 7) is 0. The van der Waals surface area contributed by atoms with E-state index in [0.29, 0.717) is 0 Å². The Bertz CT molecular complexity index is 4280. The van der Waals surface area contributed by atoms with Crippen LogP contribution in [0.4, 0.5) is 0 Å². The lowest BCUT2D eigenvalue weighted by molar-refractivity contribution is 0.668. The van der Waals surface area contributed by atoms with Gasteiger partial charge in [0.15, 0.2) is 0 Å². The molecule has 14 rings (SSSR count). The normalized spacial score (nSPS) is 12.1. The lowest BCUT2D eigenvalue weighted by atomic mass is 10.1. The van der Waals surface area contributed by atoms with E-state index in [1.807, 2.05) is 12.1 Å². The molecule has 0 aliphatic heterocycles. The molecule has 8 bridgehead atoms. The smallest absolute Gasteiger partial charge is 0.137 e. The zero-order valence-corrected chi connectivity index (χ0v) is 33.9. The van der Waals surface area contributed by atoms with Gasteiger partial charge in [-0.25, -0.2) is 0 Å². The van der Waals surface area contributed by atoms with Crippen LogP contribution in [0.15, 0.2) is 221 Å². The van der Waals surface area contributed by atoms with E-state index in [9.17, 15) is 0 Å². The molecule has 294 valence electrons. The van der Waals surface area contributed by atoms with Crippen molar-refractivity contribution in [3.8, 4) is 17.1 Å². The van der Waals surface area contributed by atoms with Gasteiger partial charge in [0, 0.05) is 71.5 Å². The Morgan fingerprint density at radius 1 is 0.270 bits per heavy atom. The van der Waals surface area contributed by atoms with Crippen LogP contribution in [0.1, 0.15) is 0 Å². The molecular formula is C58H35N3O2. The lowest BCUT2D eigenvalue weighted by Gasteiger charge is -2.17. The minimum atomic E-state index is 0.839. The number of para-hydroxylation sites is 3. The summed E-state index contributed by atoms with van der Waals surface area (Å²) < 4.78 is 20.3. The standard InChI is InChI=1S/C58H35N3O2/c1-2-17-44-36(11-1)12-9-22-51(44)61-52-21-5-3-18-45(52)48-20-10-23-53(58(48)61)60-40-16-8-14-38(32-40)37-13-7-15-39(31-37)59(43-25-28-47-46-19-4-6-24-54(46)63-57(47)35-43)41-26-29-55-49(33-41)50-34-42(60)27-30-56(50)62-55/h1-35H. The molecule has 5 heteroatoms. The monoisotopic (exact) mass is 805 g/mol. The van der Waals surface area contributed by atoms with Gasteiger partial charge in [-0.2, -0.15) is 0 Å². The van der Waals surface area contributed by atoms with Gasteiger partial charge in [0.2, 0.25) is 0 Å². The number of hydrogen-bond donors (Lipinski definition) is 0. The van der Waals surface area contributed by atoms with E-state index in [1.165, 1.54) is 21.5 Å². The van der Waals surface area contributed by atoms with Crippen molar-refractivity contribution in [3.63, 3.8) is 0 Å². The van der Waals surface area contributed by atoms with Gasteiger partial charge in [-0.1, -0.05) is 109 Å². The predicted octanol–water partition coefficient (Wildman–Crippen LogP) is 15.9. The van der Waals surface area contributed by atoms with Gasteiger partial charge in [-0.05, 0) is 113 Å². The van der Waals surface area contributed by atoms with Gasteiger partial charge < -0.3 is 22.5 Å². The van der Waals surface area contributed by atoms with E-state index in [4.69, 9.17) is 8.83 Å². The first-order valence-corrected chi connectivity index (χ1v) is 21.4. The van der Waals surface area contributed by atoms with Crippen LogP contribution in [0, 0.1) is 0 Å². The summed E-state index contributed by atoms with van der Waals surface area (Å²) in [7, 11) is 0. The highest BCUT2D eigenvalue weighted by Crippen LogP contribution is 2.40. The lowest BCUT2D eigenvalue weighted by Crippen LogP contribution is -2.02. The van der Waals surface area contributed by atoms with Gasteiger partial charge in [0.05, 0.1) is 22.4 Å². The number of furan rings is 2. The van der Waals surface area contributed by atoms with Gasteiger partial charge in [0.1, 0.15) is 22.3 Å². The van der Waals surface area contributed by atoms with Crippen LogP contribution in [0.3, 0.4) is 0 Å². The quantitative estimate of drug-likeness (QED) is 0.178. The van der Waals surface area contributed by atoms with Crippen LogP contribution in [-0.4, -0.2) is 13.7 Å². The van der Waals surface area contributed by atoms with Gasteiger partial charge in [0.25, 0.3) is 0 Å². The molecule has 0 atom stereocenters. The third-order valence-electron chi connectivity index (χ3n) is 13.0. The van der Waals surface area contributed by atoms with Gasteiger partial charge >= 0.3 is 0 Å².